The van der Waals surface area contributed by atoms with Crippen LogP contribution in [0.25, 0.3) is 49.7 Å². The van der Waals surface area contributed by atoms with Gasteiger partial charge in [0.15, 0.2) is 0 Å². The first-order valence-corrected chi connectivity index (χ1v) is 15.9. The molecule has 2 bridgehead atoms. The van der Waals surface area contributed by atoms with Crippen LogP contribution in [0.1, 0.15) is 17.9 Å². The maximum Gasteiger partial charge on any atom is 0.0782 e. The van der Waals surface area contributed by atoms with Crippen LogP contribution in [0, 0.1) is 0 Å². The van der Waals surface area contributed by atoms with Crippen molar-refractivity contribution in [3.63, 3.8) is 0 Å². The molecule has 1 aliphatic heterocycles. The first kappa shape index (κ1) is 25.9. The molecule has 1 aliphatic carbocycles. The van der Waals surface area contributed by atoms with E-state index in [2.05, 4.69) is 179 Å². The van der Waals surface area contributed by atoms with E-state index in [1.807, 2.05) is 0 Å². The molecule has 0 radical (unpaired) electrons. The molecule has 2 heteroatoms. The van der Waals surface area contributed by atoms with Gasteiger partial charge in [0.25, 0.3) is 0 Å². The summed E-state index contributed by atoms with van der Waals surface area (Å²) in [6, 6.07) is 53.3. The number of para-hydroxylation sites is 1. The normalized spacial score (nSPS) is 17.0. The van der Waals surface area contributed by atoms with Crippen molar-refractivity contribution < 1.29 is 0 Å². The molecule has 0 fully saturated rings. The van der Waals surface area contributed by atoms with Gasteiger partial charge >= 0.3 is 0 Å². The predicted octanol–water partition coefficient (Wildman–Crippen LogP) is 11.2. The highest BCUT2D eigenvalue weighted by Gasteiger charge is 2.35. The van der Waals surface area contributed by atoms with Gasteiger partial charge in [0.1, 0.15) is 0 Å². The average Bonchev–Trinajstić information content (AvgIpc) is 3.31. The van der Waals surface area contributed by atoms with Crippen LogP contribution in [-0.4, -0.2) is 10.6 Å². The average molecular weight is 577 g/mol. The Morgan fingerprint density at radius 3 is 1.73 bits per heavy atom. The molecule has 0 saturated heterocycles. The van der Waals surface area contributed by atoms with E-state index in [0.717, 1.165) is 6.42 Å². The van der Waals surface area contributed by atoms with Gasteiger partial charge < -0.3 is 9.47 Å². The molecule has 2 heterocycles. The van der Waals surface area contributed by atoms with Gasteiger partial charge in [-0.1, -0.05) is 140 Å². The smallest absolute Gasteiger partial charge is 0.0782 e. The second-order valence-corrected chi connectivity index (χ2v) is 12.1. The lowest BCUT2D eigenvalue weighted by atomic mass is 9.84. The van der Waals surface area contributed by atoms with Crippen molar-refractivity contribution in [1.29, 1.82) is 0 Å². The third-order valence-corrected chi connectivity index (χ3v) is 9.58. The van der Waals surface area contributed by atoms with E-state index in [1.165, 1.54) is 66.7 Å². The van der Waals surface area contributed by atoms with Gasteiger partial charge in [0.05, 0.1) is 22.8 Å². The molecule has 45 heavy (non-hydrogen) atoms. The summed E-state index contributed by atoms with van der Waals surface area (Å²) in [7, 11) is 0. The number of aromatic nitrogens is 1. The Bertz CT molecular complexity index is 2220. The zero-order chi connectivity index (χ0) is 29.7. The standard InChI is InChI=1S/C43H32N2/c1-3-11-30(12-4-1)32-19-23-35(24-20-32)44-37-16-8-7-15-34(29-37)38-27-28-40-39-17-9-10-18-41(39)45(43(40)42(38)44)36-25-21-33(22-26-36)31-13-5-2-6-14-31/h1-28,34,37H,29H2. The van der Waals surface area contributed by atoms with E-state index < -0.39 is 0 Å². The van der Waals surface area contributed by atoms with Gasteiger partial charge in [0, 0.05) is 28.1 Å². The van der Waals surface area contributed by atoms with Crippen molar-refractivity contribution in [2.75, 3.05) is 4.90 Å². The summed E-state index contributed by atoms with van der Waals surface area (Å²) >= 11 is 0. The number of rotatable bonds is 4. The number of hydrogen-bond acceptors (Lipinski definition) is 1. The number of nitrogens with zero attached hydrogens (tertiary/aromatic N) is 2. The van der Waals surface area contributed by atoms with Crippen LogP contribution in [-0.2, 0) is 0 Å². The molecule has 7 aromatic rings. The number of anilines is 2. The molecule has 2 aliphatic rings. The van der Waals surface area contributed by atoms with Crippen LogP contribution in [0.15, 0.2) is 170 Å². The van der Waals surface area contributed by atoms with Crippen LogP contribution in [0.2, 0.25) is 0 Å². The Morgan fingerprint density at radius 2 is 1.04 bits per heavy atom. The number of allylic oxidation sites excluding steroid dienone is 3. The fraction of sp³-hybridized carbons (Fsp3) is 0.0698. The zero-order valence-corrected chi connectivity index (χ0v) is 24.9. The summed E-state index contributed by atoms with van der Waals surface area (Å²) in [5.41, 5.74) is 12.5. The van der Waals surface area contributed by atoms with Gasteiger partial charge in [-0.3, -0.25) is 0 Å². The zero-order valence-electron chi connectivity index (χ0n) is 24.9. The maximum atomic E-state index is 2.60. The molecule has 2 unspecified atom stereocenters. The lowest BCUT2D eigenvalue weighted by Gasteiger charge is -2.41. The minimum absolute atomic E-state index is 0.248. The lowest BCUT2D eigenvalue weighted by Crippen LogP contribution is -2.35. The molecule has 1 aromatic heterocycles. The first-order chi connectivity index (χ1) is 22.3. The summed E-state index contributed by atoms with van der Waals surface area (Å²) in [5.74, 6) is 0.358. The molecule has 0 amide bonds. The van der Waals surface area contributed by atoms with Crippen molar-refractivity contribution in [3.8, 4) is 27.9 Å². The Labute approximate surface area is 263 Å². The highest BCUT2D eigenvalue weighted by Crippen LogP contribution is 2.50. The summed E-state index contributed by atoms with van der Waals surface area (Å²) < 4.78 is 2.49. The van der Waals surface area contributed by atoms with Crippen molar-refractivity contribution in [2.45, 2.75) is 18.4 Å². The largest absolute Gasteiger partial charge is 0.332 e. The van der Waals surface area contributed by atoms with Gasteiger partial charge in [0.2, 0.25) is 0 Å². The van der Waals surface area contributed by atoms with Crippen LogP contribution in [0.4, 0.5) is 11.4 Å². The molecule has 2 atom stereocenters. The minimum Gasteiger partial charge on any atom is -0.332 e. The lowest BCUT2D eigenvalue weighted by molar-refractivity contribution is 0.621. The SMILES string of the molecule is C1=CC2CC(C=C1)N(c1ccc(-c3ccccc3)cc1)c1c2ccc2c3ccccc3n(-c3ccc(-c4ccccc4)cc3)c12. The second kappa shape index (κ2) is 10.5. The Hall–Kier alpha value is -5.60. The van der Waals surface area contributed by atoms with Crippen LogP contribution in [0.3, 0.4) is 0 Å². The predicted molar refractivity (Wildman–Crippen MR) is 190 cm³/mol. The van der Waals surface area contributed by atoms with Gasteiger partial charge in [-0.25, -0.2) is 0 Å². The Balaban J connectivity index is 1.29. The first-order valence-electron chi connectivity index (χ1n) is 15.9. The van der Waals surface area contributed by atoms with E-state index in [9.17, 15) is 0 Å². The molecule has 2 nitrogen and oxygen atoms in total. The van der Waals surface area contributed by atoms with Crippen molar-refractivity contribution in [2.24, 2.45) is 0 Å². The van der Waals surface area contributed by atoms with E-state index in [4.69, 9.17) is 0 Å². The molecule has 0 saturated carbocycles. The number of hydrogen-bond donors (Lipinski definition) is 0. The molecular weight excluding hydrogens is 544 g/mol. The van der Waals surface area contributed by atoms with E-state index in [0.29, 0.717) is 5.92 Å². The van der Waals surface area contributed by atoms with Crippen LogP contribution >= 0.6 is 0 Å². The van der Waals surface area contributed by atoms with Crippen LogP contribution in [0.5, 0.6) is 0 Å². The summed E-state index contributed by atoms with van der Waals surface area (Å²) in [5, 5.41) is 2.57. The maximum absolute atomic E-state index is 2.60. The fourth-order valence-electron chi connectivity index (χ4n) is 7.47. The molecule has 9 rings (SSSR count). The molecule has 0 N–H and O–H groups in total. The molecule has 6 aromatic carbocycles. The van der Waals surface area contributed by atoms with Gasteiger partial charge in [-0.2, -0.15) is 0 Å². The van der Waals surface area contributed by atoms with Crippen molar-refractivity contribution in [1.82, 2.24) is 4.57 Å². The van der Waals surface area contributed by atoms with E-state index in [-0.39, 0.29) is 6.04 Å². The summed E-state index contributed by atoms with van der Waals surface area (Å²) in [6.45, 7) is 0. The Kier molecular flexibility index (Phi) is 6.05. The van der Waals surface area contributed by atoms with E-state index >= 15 is 0 Å². The summed E-state index contributed by atoms with van der Waals surface area (Å²) in [4.78, 5) is 2.60. The van der Waals surface area contributed by atoms with Crippen molar-refractivity contribution >= 4 is 33.2 Å². The highest BCUT2D eigenvalue weighted by molar-refractivity contribution is 6.14. The second-order valence-electron chi connectivity index (χ2n) is 12.1. The molecule has 214 valence electrons. The quantitative estimate of drug-likeness (QED) is 0.202. The third-order valence-electron chi connectivity index (χ3n) is 9.58. The molecule has 0 spiro atoms. The minimum atomic E-state index is 0.248. The summed E-state index contributed by atoms with van der Waals surface area (Å²) in [6.07, 6.45) is 10.3. The fourth-order valence-corrected chi connectivity index (χ4v) is 7.47. The van der Waals surface area contributed by atoms with Crippen molar-refractivity contribution in [3.05, 3.63) is 175 Å². The topological polar surface area (TPSA) is 8.17 Å². The highest BCUT2D eigenvalue weighted by atomic mass is 15.2. The Morgan fingerprint density at radius 1 is 0.467 bits per heavy atom. The molecular formula is C43H32N2. The monoisotopic (exact) mass is 576 g/mol. The van der Waals surface area contributed by atoms with Gasteiger partial charge in [-0.05, 0) is 64.6 Å². The van der Waals surface area contributed by atoms with Crippen LogP contribution < -0.4 is 4.90 Å². The third kappa shape index (κ3) is 4.25. The van der Waals surface area contributed by atoms with Gasteiger partial charge in [-0.15, -0.1) is 0 Å². The number of benzene rings is 6. The number of fused-ring (bicyclic) bond motifs is 8. The van der Waals surface area contributed by atoms with E-state index in [1.54, 1.807) is 0 Å².